The highest BCUT2D eigenvalue weighted by Crippen LogP contribution is 2.25. The molecule has 0 unspecified atom stereocenters. The summed E-state index contributed by atoms with van der Waals surface area (Å²) in [5.41, 5.74) is 0.384. The van der Waals surface area contributed by atoms with E-state index < -0.39 is 21.5 Å². The number of hydrogen-bond acceptors (Lipinski definition) is 3. The molecule has 0 amide bonds. The van der Waals surface area contributed by atoms with Crippen LogP contribution in [0.1, 0.15) is 5.56 Å². The molecule has 0 aliphatic rings. The van der Waals surface area contributed by atoms with Gasteiger partial charge in [-0.15, -0.1) is 0 Å². The van der Waals surface area contributed by atoms with E-state index in [1.54, 1.807) is 11.6 Å². The number of benzene rings is 1. The predicted octanol–water partition coefficient (Wildman–Crippen LogP) is 1.66. The van der Waals surface area contributed by atoms with E-state index in [1.807, 2.05) is 0 Å². The fourth-order valence-electron chi connectivity index (χ4n) is 0.929. The summed E-state index contributed by atoms with van der Waals surface area (Å²) in [7, 11) is -4.73. The number of phenolic OH excluding ortho intramolecular Hbond substituents is 1. The molecule has 7 heteroatoms. The summed E-state index contributed by atoms with van der Waals surface area (Å²) < 4.78 is 47.2. The molecule has 4 nitrogen and oxygen atoms in total. The van der Waals surface area contributed by atoms with Gasteiger partial charge in [0.15, 0.2) is 0 Å². The lowest BCUT2D eigenvalue weighted by Crippen LogP contribution is -2.20. The van der Waals surface area contributed by atoms with Crippen LogP contribution in [0.2, 0.25) is 0 Å². The molecule has 0 aliphatic carbocycles. The summed E-state index contributed by atoms with van der Waals surface area (Å²) in [6.45, 7) is 1.64. The third-order valence-corrected chi connectivity index (χ3v) is 2.61. The first-order valence-corrected chi connectivity index (χ1v) is 5.47. The molecule has 0 radical (unpaired) electrons. The highest BCUT2D eigenvalue weighted by molar-refractivity contribution is 7.93. The van der Waals surface area contributed by atoms with Gasteiger partial charge in [-0.1, -0.05) is 6.07 Å². The summed E-state index contributed by atoms with van der Waals surface area (Å²) >= 11 is 0. The van der Waals surface area contributed by atoms with Gasteiger partial charge in [-0.05, 0) is 24.6 Å². The van der Waals surface area contributed by atoms with Crippen LogP contribution in [-0.2, 0) is 10.0 Å². The second-order valence-corrected chi connectivity index (χ2v) is 4.58. The molecule has 0 heterocycles. The molecule has 0 spiro atoms. The molecule has 0 aromatic heterocycles. The van der Waals surface area contributed by atoms with Crippen molar-refractivity contribution in [1.29, 1.82) is 0 Å². The summed E-state index contributed by atoms with van der Waals surface area (Å²) in [4.78, 5) is 0. The van der Waals surface area contributed by atoms with Crippen LogP contribution in [0.5, 0.6) is 5.75 Å². The minimum Gasteiger partial charge on any atom is -0.506 e. The maximum Gasteiger partial charge on any atom is 0.355 e. The third-order valence-electron chi connectivity index (χ3n) is 1.64. The summed E-state index contributed by atoms with van der Waals surface area (Å²) in [5, 5.41) is 9.21. The number of aromatic hydroxyl groups is 1. The molecule has 84 valence electrons. The Labute approximate surface area is 85.6 Å². The number of alkyl halides is 2. The van der Waals surface area contributed by atoms with Crippen molar-refractivity contribution in [1.82, 2.24) is 0 Å². The Bertz CT molecular complexity index is 459. The van der Waals surface area contributed by atoms with Gasteiger partial charge in [-0.25, -0.2) is 8.42 Å². The molecule has 1 aromatic rings. The number of rotatable bonds is 3. The number of halogens is 2. The Hall–Kier alpha value is -1.37. The summed E-state index contributed by atoms with van der Waals surface area (Å²) in [6.07, 6.45) is 0. The van der Waals surface area contributed by atoms with Crippen LogP contribution in [-0.4, -0.2) is 19.3 Å². The lowest BCUT2D eigenvalue weighted by atomic mass is 10.2. The first kappa shape index (κ1) is 11.7. The fourth-order valence-corrected chi connectivity index (χ4v) is 1.49. The second-order valence-electron chi connectivity index (χ2n) is 2.93. The van der Waals surface area contributed by atoms with Crippen molar-refractivity contribution in [3.8, 4) is 5.75 Å². The lowest BCUT2D eigenvalue weighted by Gasteiger charge is -2.09. The quantitative estimate of drug-likeness (QED) is 0.786. The van der Waals surface area contributed by atoms with E-state index in [1.165, 1.54) is 18.2 Å². The zero-order valence-corrected chi connectivity index (χ0v) is 8.55. The maximum absolute atomic E-state index is 12.0. The van der Waals surface area contributed by atoms with Gasteiger partial charge in [0.2, 0.25) is 0 Å². The van der Waals surface area contributed by atoms with Crippen LogP contribution in [0.15, 0.2) is 18.2 Å². The second kappa shape index (κ2) is 4.01. The molecular formula is C8H9F2NO3S. The zero-order valence-electron chi connectivity index (χ0n) is 7.74. The highest BCUT2D eigenvalue weighted by Gasteiger charge is 2.24. The van der Waals surface area contributed by atoms with E-state index in [2.05, 4.69) is 0 Å². The summed E-state index contributed by atoms with van der Waals surface area (Å²) in [5.74, 6) is -3.93. The number of aryl methyl sites for hydroxylation is 1. The average Bonchev–Trinajstić information content (AvgIpc) is 2.10. The standard InChI is InChI=1S/C8H9F2NO3S/c1-5-2-3-7(12)6(4-5)11-15(13,14)8(9)10/h2-4,8,11-12H,1H3. The van der Waals surface area contributed by atoms with E-state index in [0.717, 1.165) is 0 Å². The Morgan fingerprint density at radius 3 is 2.53 bits per heavy atom. The molecule has 15 heavy (non-hydrogen) atoms. The molecule has 1 aromatic carbocycles. The van der Waals surface area contributed by atoms with Gasteiger partial charge in [0.25, 0.3) is 10.0 Å². The summed E-state index contributed by atoms with van der Waals surface area (Å²) in [6, 6.07) is 4.00. The minimum absolute atomic E-state index is 0.254. The first-order chi connectivity index (χ1) is 6.83. The number of anilines is 1. The van der Waals surface area contributed by atoms with E-state index in [-0.39, 0.29) is 5.69 Å². The largest absolute Gasteiger partial charge is 0.506 e. The van der Waals surface area contributed by atoms with Gasteiger partial charge in [0, 0.05) is 0 Å². The van der Waals surface area contributed by atoms with Gasteiger partial charge in [-0.2, -0.15) is 8.78 Å². The molecule has 0 saturated heterocycles. The highest BCUT2D eigenvalue weighted by atomic mass is 32.2. The zero-order chi connectivity index (χ0) is 11.6. The third kappa shape index (κ3) is 2.79. The van der Waals surface area contributed by atoms with Crippen LogP contribution >= 0.6 is 0 Å². The topological polar surface area (TPSA) is 66.4 Å². The molecular weight excluding hydrogens is 228 g/mol. The van der Waals surface area contributed by atoms with E-state index >= 15 is 0 Å². The van der Waals surface area contributed by atoms with Crippen molar-refractivity contribution in [2.24, 2.45) is 0 Å². The van der Waals surface area contributed by atoms with Crippen LogP contribution in [0.3, 0.4) is 0 Å². The lowest BCUT2D eigenvalue weighted by molar-refractivity contribution is 0.236. The Morgan fingerprint density at radius 2 is 2.00 bits per heavy atom. The van der Waals surface area contributed by atoms with Gasteiger partial charge < -0.3 is 5.11 Å². The van der Waals surface area contributed by atoms with Crippen molar-refractivity contribution in [3.63, 3.8) is 0 Å². The number of hydrogen-bond donors (Lipinski definition) is 2. The van der Waals surface area contributed by atoms with Gasteiger partial charge >= 0.3 is 5.76 Å². The molecule has 0 fully saturated rings. The molecule has 2 N–H and O–H groups in total. The molecule has 0 bridgehead atoms. The smallest absolute Gasteiger partial charge is 0.355 e. The Kier molecular flexibility index (Phi) is 3.13. The van der Waals surface area contributed by atoms with Crippen molar-refractivity contribution in [2.75, 3.05) is 4.72 Å². The molecule has 0 atom stereocenters. The van der Waals surface area contributed by atoms with Crippen molar-refractivity contribution >= 4 is 15.7 Å². The molecule has 0 saturated carbocycles. The monoisotopic (exact) mass is 237 g/mol. The average molecular weight is 237 g/mol. The number of nitrogens with one attached hydrogen (secondary N) is 1. The number of sulfonamides is 1. The van der Waals surface area contributed by atoms with Crippen molar-refractivity contribution in [2.45, 2.75) is 12.7 Å². The van der Waals surface area contributed by atoms with Gasteiger partial charge in [-0.3, -0.25) is 4.72 Å². The van der Waals surface area contributed by atoms with Crippen molar-refractivity contribution in [3.05, 3.63) is 23.8 Å². The number of phenols is 1. The first-order valence-electron chi connectivity index (χ1n) is 3.92. The van der Waals surface area contributed by atoms with Gasteiger partial charge in [0.05, 0.1) is 5.69 Å². The normalized spacial score (nSPS) is 11.7. The maximum atomic E-state index is 12.0. The van der Waals surface area contributed by atoms with Gasteiger partial charge in [0.1, 0.15) is 5.75 Å². The minimum atomic E-state index is -4.73. The van der Waals surface area contributed by atoms with E-state index in [4.69, 9.17) is 0 Å². The van der Waals surface area contributed by atoms with Crippen LogP contribution in [0.4, 0.5) is 14.5 Å². The fraction of sp³-hybridized carbons (Fsp3) is 0.250. The van der Waals surface area contributed by atoms with Crippen LogP contribution in [0.25, 0.3) is 0 Å². The Balaban J connectivity index is 3.05. The Morgan fingerprint density at radius 1 is 1.40 bits per heavy atom. The molecule has 0 aliphatic heterocycles. The van der Waals surface area contributed by atoms with Crippen LogP contribution < -0.4 is 4.72 Å². The molecule has 1 rings (SSSR count). The van der Waals surface area contributed by atoms with E-state index in [9.17, 15) is 22.3 Å². The van der Waals surface area contributed by atoms with Crippen molar-refractivity contribution < 1.29 is 22.3 Å². The van der Waals surface area contributed by atoms with Crippen LogP contribution in [0, 0.1) is 6.92 Å². The van der Waals surface area contributed by atoms with E-state index in [0.29, 0.717) is 5.56 Å². The SMILES string of the molecule is Cc1ccc(O)c(NS(=O)(=O)C(F)F)c1. The predicted molar refractivity (Wildman–Crippen MR) is 51.4 cm³/mol.